The number of nitrogens with one attached hydrogen (secondary N) is 2. The standard InChI is InChI=1S/2C23H23ClFN5O2/c2*1-11-21(24)12(2)30-22(26-11)16-9-29(10-18(16)28-30)23(31)15-5-3-13(25)7-19(15)32-20-8-14-4-6-17(20)27-14/h2*3,5,7,14,17,20,27H,4,6,8-10H2,1-2H3/t2*14?,17?,20-/m10/s1. The van der Waals surface area contributed by atoms with E-state index in [9.17, 15) is 18.4 Å². The fourth-order valence-corrected chi connectivity index (χ4v) is 10.8. The lowest BCUT2D eigenvalue weighted by Gasteiger charge is -2.24. The summed E-state index contributed by atoms with van der Waals surface area (Å²) in [6.45, 7) is 9.03. The van der Waals surface area contributed by atoms with Gasteiger partial charge < -0.3 is 29.9 Å². The summed E-state index contributed by atoms with van der Waals surface area (Å²) >= 11 is 12.7. The summed E-state index contributed by atoms with van der Waals surface area (Å²) in [4.78, 5) is 39.5. The molecular formula is C46H46Cl2F2N10O4. The Kier molecular flexibility index (Phi) is 10.1. The Morgan fingerprint density at radius 2 is 1.06 bits per heavy atom. The fraction of sp³-hybridized carbons (Fsp3) is 0.435. The van der Waals surface area contributed by atoms with Crippen LogP contribution in [0.15, 0.2) is 36.4 Å². The summed E-state index contributed by atoms with van der Waals surface area (Å²) < 4.78 is 43.9. The Balaban J connectivity index is 0.000000143. The molecule has 14 nitrogen and oxygen atoms in total. The molecule has 4 fully saturated rings. The van der Waals surface area contributed by atoms with Crippen LogP contribution in [0.3, 0.4) is 0 Å². The average molecular weight is 912 g/mol. The highest BCUT2D eigenvalue weighted by molar-refractivity contribution is 6.32. The molecule has 10 heterocycles. The van der Waals surface area contributed by atoms with Gasteiger partial charge in [-0.2, -0.15) is 10.2 Å². The maximum Gasteiger partial charge on any atom is 0.258 e. The van der Waals surface area contributed by atoms with Crippen molar-refractivity contribution in [3.05, 3.63) is 114 Å². The molecule has 2 amide bonds. The number of ether oxygens (including phenoxy) is 2. The molecule has 4 unspecified atom stereocenters. The summed E-state index contributed by atoms with van der Waals surface area (Å²) in [6, 6.07) is 9.73. The van der Waals surface area contributed by atoms with E-state index < -0.39 is 11.6 Å². The van der Waals surface area contributed by atoms with Crippen molar-refractivity contribution in [1.29, 1.82) is 0 Å². The van der Waals surface area contributed by atoms with Gasteiger partial charge in [0.2, 0.25) is 0 Å². The van der Waals surface area contributed by atoms with Crippen LogP contribution in [0.1, 0.15) is 105 Å². The smallest absolute Gasteiger partial charge is 0.258 e. The first kappa shape index (κ1) is 41.3. The number of benzene rings is 2. The maximum atomic E-state index is 14.0. The van der Waals surface area contributed by atoms with Crippen LogP contribution in [-0.4, -0.2) is 87.2 Å². The van der Waals surface area contributed by atoms with Crippen LogP contribution in [0.25, 0.3) is 11.3 Å². The van der Waals surface area contributed by atoms with E-state index >= 15 is 0 Å². The monoisotopic (exact) mass is 910 g/mol. The van der Waals surface area contributed by atoms with E-state index in [4.69, 9.17) is 32.7 Å². The van der Waals surface area contributed by atoms with Gasteiger partial charge in [0, 0.05) is 60.3 Å². The zero-order chi connectivity index (χ0) is 44.3. The van der Waals surface area contributed by atoms with Gasteiger partial charge in [-0.05, 0) is 77.6 Å². The van der Waals surface area contributed by atoms with Crippen molar-refractivity contribution in [3.63, 3.8) is 0 Å². The first-order chi connectivity index (χ1) is 30.8. The summed E-state index contributed by atoms with van der Waals surface area (Å²) in [5.41, 5.74) is 8.76. The second kappa shape index (κ2) is 15.6. The third kappa shape index (κ3) is 6.95. The summed E-state index contributed by atoms with van der Waals surface area (Å²) in [5, 5.41) is 17.5. The van der Waals surface area contributed by atoms with Crippen LogP contribution in [0.4, 0.5) is 8.78 Å². The zero-order valence-corrected chi connectivity index (χ0v) is 37.2. The number of carbonyl (C=O) groups is 2. The largest absolute Gasteiger partial charge is 0.488 e. The van der Waals surface area contributed by atoms with Gasteiger partial charge >= 0.3 is 0 Å². The van der Waals surface area contributed by atoms with Crippen molar-refractivity contribution in [2.24, 2.45) is 0 Å². The molecule has 6 aromatic rings. The summed E-state index contributed by atoms with van der Waals surface area (Å²) in [7, 11) is 0. The Labute approximate surface area is 377 Å². The van der Waals surface area contributed by atoms with E-state index in [0.717, 1.165) is 95.1 Å². The topological polar surface area (TPSA) is 144 Å². The van der Waals surface area contributed by atoms with E-state index in [-0.39, 0.29) is 36.1 Å². The van der Waals surface area contributed by atoms with Gasteiger partial charge in [0.1, 0.15) is 35.3 Å². The van der Waals surface area contributed by atoms with Crippen molar-refractivity contribution in [2.45, 2.75) is 129 Å². The number of rotatable bonds is 6. The lowest BCUT2D eigenvalue weighted by atomic mass is 9.97. The normalized spacial score (nSPS) is 23.9. The van der Waals surface area contributed by atoms with Gasteiger partial charge in [0.25, 0.3) is 11.8 Å². The van der Waals surface area contributed by atoms with Gasteiger partial charge in [0.05, 0.1) is 81.5 Å². The highest BCUT2D eigenvalue weighted by Crippen LogP contribution is 2.37. The second-order valence-electron chi connectivity index (χ2n) is 18.0. The lowest BCUT2D eigenvalue weighted by Crippen LogP contribution is -2.33. The Bertz CT molecular complexity index is 2750. The number of amides is 2. The molecule has 12 rings (SSSR count). The first-order valence-corrected chi connectivity index (χ1v) is 22.6. The van der Waals surface area contributed by atoms with E-state index in [1.54, 1.807) is 18.8 Å². The number of aryl methyl sites for hydroxylation is 4. The van der Waals surface area contributed by atoms with Crippen molar-refractivity contribution in [1.82, 2.24) is 49.6 Å². The maximum absolute atomic E-state index is 14.0. The molecule has 0 saturated carbocycles. The van der Waals surface area contributed by atoms with Gasteiger partial charge in [-0.1, -0.05) is 23.2 Å². The fourth-order valence-electron chi connectivity index (χ4n) is 10.5. The van der Waals surface area contributed by atoms with E-state index in [2.05, 4.69) is 30.8 Å². The Morgan fingerprint density at radius 3 is 1.44 bits per heavy atom. The van der Waals surface area contributed by atoms with Crippen molar-refractivity contribution < 1.29 is 27.8 Å². The molecule has 6 atom stereocenters. The molecule has 6 aliphatic heterocycles. The third-order valence-electron chi connectivity index (χ3n) is 13.9. The Morgan fingerprint density at radius 1 is 0.641 bits per heavy atom. The molecule has 332 valence electrons. The number of aromatic nitrogens is 6. The highest BCUT2D eigenvalue weighted by atomic mass is 35.5. The molecule has 0 spiro atoms. The van der Waals surface area contributed by atoms with Crippen LogP contribution in [-0.2, 0) is 26.2 Å². The van der Waals surface area contributed by atoms with Crippen LogP contribution in [0.5, 0.6) is 11.5 Å². The van der Waals surface area contributed by atoms with Gasteiger partial charge in [-0.15, -0.1) is 0 Å². The molecule has 0 aliphatic carbocycles. The van der Waals surface area contributed by atoms with E-state index in [1.807, 2.05) is 27.7 Å². The number of carbonyl (C=O) groups excluding carboxylic acids is 2. The molecule has 0 radical (unpaired) electrons. The van der Waals surface area contributed by atoms with Gasteiger partial charge in [0.15, 0.2) is 11.3 Å². The van der Waals surface area contributed by atoms with E-state index in [1.165, 1.54) is 36.4 Å². The number of hydrogen-bond donors (Lipinski definition) is 2. The minimum Gasteiger partial charge on any atom is -0.488 e. The van der Waals surface area contributed by atoms with Gasteiger partial charge in [-0.3, -0.25) is 9.59 Å². The molecule has 18 heteroatoms. The van der Waals surface area contributed by atoms with Crippen LogP contribution < -0.4 is 20.1 Å². The molecule has 2 N–H and O–H groups in total. The first-order valence-electron chi connectivity index (χ1n) is 21.9. The number of hydrogen-bond acceptors (Lipinski definition) is 10. The molecule has 2 aromatic carbocycles. The molecule has 4 saturated heterocycles. The predicted molar refractivity (Wildman–Crippen MR) is 233 cm³/mol. The number of nitrogens with zero attached hydrogens (tertiary/aromatic N) is 8. The molecule has 4 bridgehead atoms. The van der Waals surface area contributed by atoms with Gasteiger partial charge in [-0.25, -0.2) is 27.8 Å². The minimum atomic E-state index is -0.415. The summed E-state index contributed by atoms with van der Waals surface area (Å²) in [6.07, 6.45) is 6.07. The van der Waals surface area contributed by atoms with Crippen molar-refractivity contribution in [3.8, 4) is 11.5 Å². The zero-order valence-electron chi connectivity index (χ0n) is 35.7. The third-order valence-corrected chi connectivity index (χ3v) is 15.0. The summed E-state index contributed by atoms with van der Waals surface area (Å²) in [5.74, 6) is -0.608. The van der Waals surface area contributed by atoms with Crippen LogP contribution in [0, 0.1) is 39.3 Å². The van der Waals surface area contributed by atoms with E-state index in [0.29, 0.717) is 70.9 Å². The molecule has 64 heavy (non-hydrogen) atoms. The number of halogens is 4. The molecular weight excluding hydrogens is 865 g/mol. The Hall–Kier alpha value is -5.42. The number of fused-ring (bicyclic) bond motifs is 10. The SMILES string of the molecule is Cc1nc2c3c(nn2c(C)c1Cl)CN(C(=O)c1ccc(F)cc1O[C@@H]1CC2CCC1N2)C3.Cc1nc2c3c(nn2c(C)c1Cl)CN(C(=O)c1ccc(F)cc1O[C@H]1CC2CCC1N2)C3. The van der Waals surface area contributed by atoms with Crippen molar-refractivity contribution in [2.75, 3.05) is 0 Å². The molecule has 4 aromatic heterocycles. The van der Waals surface area contributed by atoms with Crippen LogP contribution in [0.2, 0.25) is 10.0 Å². The quantitative estimate of drug-likeness (QED) is 0.177. The average Bonchev–Trinajstić information content (AvgIpc) is 4.14. The lowest BCUT2D eigenvalue weighted by molar-refractivity contribution is 0.0732. The molecule has 6 aliphatic rings. The minimum absolute atomic E-state index is 0.0398. The van der Waals surface area contributed by atoms with Crippen LogP contribution >= 0.6 is 23.2 Å². The van der Waals surface area contributed by atoms with Crippen molar-refractivity contribution >= 4 is 46.3 Å². The highest BCUT2D eigenvalue weighted by Gasteiger charge is 2.43. The second-order valence-corrected chi connectivity index (χ2v) is 18.8. The predicted octanol–water partition coefficient (Wildman–Crippen LogP) is 7.13.